The van der Waals surface area contributed by atoms with E-state index in [1.807, 2.05) is 19.1 Å². The van der Waals surface area contributed by atoms with E-state index >= 15 is 0 Å². The van der Waals surface area contributed by atoms with E-state index in [1.54, 1.807) is 12.1 Å². The van der Waals surface area contributed by atoms with Crippen molar-refractivity contribution < 1.29 is 8.42 Å². The van der Waals surface area contributed by atoms with Crippen molar-refractivity contribution in [1.82, 2.24) is 0 Å². The molecule has 0 amide bonds. The summed E-state index contributed by atoms with van der Waals surface area (Å²) in [5.41, 5.74) is 1.00. The summed E-state index contributed by atoms with van der Waals surface area (Å²) in [5, 5.41) is 3.42. The molecule has 0 saturated heterocycles. The van der Waals surface area contributed by atoms with Crippen LogP contribution in [0.5, 0.6) is 0 Å². The van der Waals surface area contributed by atoms with E-state index in [0.717, 1.165) is 12.2 Å². The third-order valence-corrected chi connectivity index (χ3v) is 5.76. The molecule has 21 heavy (non-hydrogen) atoms. The monoisotopic (exact) mass is 311 g/mol. The van der Waals surface area contributed by atoms with Gasteiger partial charge < -0.3 is 5.32 Å². The highest BCUT2D eigenvalue weighted by molar-refractivity contribution is 7.91. The average molecular weight is 311 g/mol. The first-order chi connectivity index (χ1) is 10.0. The van der Waals surface area contributed by atoms with Gasteiger partial charge in [-0.2, -0.15) is 0 Å². The topological polar surface area (TPSA) is 46.2 Å². The number of hydrogen-bond acceptors (Lipinski definition) is 3. The smallest absolute Gasteiger partial charge is 0.178 e. The highest BCUT2D eigenvalue weighted by Crippen LogP contribution is 2.18. The van der Waals surface area contributed by atoms with Gasteiger partial charge in [-0.15, -0.1) is 0 Å². The van der Waals surface area contributed by atoms with E-state index in [0.29, 0.717) is 17.2 Å². The summed E-state index contributed by atoms with van der Waals surface area (Å²) in [6.07, 6.45) is 5.59. The molecule has 0 bridgehead atoms. The van der Waals surface area contributed by atoms with Crippen LogP contribution in [0.3, 0.4) is 0 Å². The van der Waals surface area contributed by atoms with Crippen molar-refractivity contribution in [3.8, 4) is 0 Å². The van der Waals surface area contributed by atoms with Crippen LogP contribution >= 0.6 is 0 Å². The van der Waals surface area contributed by atoms with Crippen molar-refractivity contribution >= 4 is 15.5 Å². The lowest BCUT2D eigenvalue weighted by molar-refractivity contribution is 0.473. The largest absolute Gasteiger partial charge is 0.385 e. The standard InChI is InChI=1S/C17H29NO2S/c1-4-7-8-15(6-3)14-18-16-9-11-17(12-10-16)21(19,20)13-5-2/h9-12,15,18H,4-8,13-14H2,1-3H3. The quantitative estimate of drug-likeness (QED) is 0.692. The summed E-state index contributed by atoms with van der Waals surface area (Å²) in [7, 11) is -3.10. The molecule has 0 saturated carbocycles. The third-order valence-electron chi connectivity index (χ3n) is 3.82. The van der Waals surface area contributed by atoms with Crippen LogP contribution < -0.4 is 5.32 Å². The molecule has 1 aromatic carbocycles. The van der Waals surface area contributed by atoms with Gasteiger partial charge in [-0.3, -0.25) is 0 Å². The summed E-state index contributed by atoms with van der Waals surface area (Å²) < 4.78 is 23.9. The van der Waals surface area contributed by atoms with Gasteiger partial charge in [-0.25, -0.2) is 8.42 Å². The van der Waals surface area contributed by atoms with Crippen molar-refractivity contribution in [3.05, 3.63) is 24.3 Å². The molecular formula is C17H29NO2S. The maximum absolute atomic E-state index is 12.0. The van der Waals surface area contributed by atoms with Gasteiger partial charge in [0.15, 0.2) is 9.84 Å². The van der Waals surface area contributed by atoms with Crippen molar-refractivity contribution in [2.75, 3.05) is 17.6 Å². The van der Waals surface area contributed by atoms with Crippen LogP contribution in [0.25, 0.3) is 0 Å². The molecule has 0 radical (unpaired) electrons. The minimum atomic E-state index is -3.10. The molecule has 4 heteroatoms. The fraction of sp³-hybridized carbons (Fsp3) is 0.647. The Morgan fingerprint density at radius 3 is 2.24 bits per heavy atom. The lowest BCUT2D eigenvalue weighted by atomic mass is 9.99. The van der Waals surface area contributed by atoms with Crippen LogP contribution in [-0.2, 0) is 9.84 Å². The normalized spacial score (nSPS) is 13.1. The first kappa shape index (κ1) is 18.0. The van der Waals surface area contributed by atoms with Crippen LogP contribution in [0.1, 0.15) is 52.9 Å². The molecule has 1 rings (SSSR count). The summed E-state index contributed by atoms with van der Waals surface area (Å²) >= 11 is 0. The lowest BCUT2D eigenvalue weighted by Crippen LogP contribution is -2.13. The Morgan fingerprint density at radius 2 is 1.71 bits per heavy atom. The zero-order chi connectivity index (χ0) is 15.7. The van der Waals surface area contributed by atoms with E-state index in [2.05, 4.69) is 19.2 Å². The Labute approximate surface area is 130 Å². The molecule has 1 unspecified atom stereocenters. The minimum absolute atomic E-state index is 0.217. The molecule has 0 aromatic heterocycles. The molecule has 0 aliphatic heterocycles. The number of sulfone groups is 1. The zero-order valence-corrected chi connectivity index (χ0v) is 14.4. The molecule has 0 heterocycles. The van der Waals surface area contributed by atoms with Crippen molar-refractivity contribution in [2.45, 2.75) is 57.8 Å². The predicted octanol–water partition coefficient (Wildman–Crippen LogP) is 4.50. The highest BCUT2D eigenvalue weighted by atomic mass is 32.2. The van der Waals surface area contributed by atoms with Gasteiger partial charge >= 0.3 is 0 Å². The van der Waals surface area contributed by atoms with Crippen molar-refractivity contribution in [1.29, 1.82) is 0 Å². The van der Waals surface area contributed by atoms with Gasteiger partial charge in [-0.05, 0) is 43.0 Å². The molecule has 1 aromatic rings. The van der Waals surface area contributed by atoms with E-state index in [9.17, 15) is 8.42 Å². The number of rotatable bonds is 10. The Bertz CT molecular complexity index is 494. The summed E-state index contributed by atoms with van der Waals surface area (Å²) in [6.45, 7) is 7.28. The first-order valence-corrected chi connectivity index (χ1v) is 9.75. The number of unbranched alkanes of at least 4 members (excludes halogenated alkanes) is 1. The molecule has 3 nitrogen and oxygen atoms in total. The zero-order valence-electron chi connectivity index (χ0n) is 13.6. The van der Waals surface area contributed by atoms with Gasteiger partial charge in [0, 0.05) is 12.2 Å². The first-order valence-electron chi connectivity index (χ1n) is 8.10. The molecule has 0 fully saturated rings. The third kappa shape index (κ3) is 6.08. The van der Waals surface area contributed by atoms with Crippen LogP contribution in [0.4, 0.5) is 5.69 Å². The van der Waals surface area contributed by atoms with E-state index in [-0.39, 0.29) is 5.75 Å². The van der Waals surface area contributed by atoms with Gasteiger partial charge in [0.25, 0.3) is 0 Å². The Hall–Kier alpha value is -1.03. The summed E-state index contributed by atoms with van der Waals surface area (Å²) in [5.74, 6) is 0.905. The minimum Gasteiger partial charge on any atom is -0.385 e. The molecule has 120 valence electrons. The van der Waals surface area contributed by atoms with E-state index in [4.69, 9.17) is 0 Å². The number of anilines is 1. The Balaban J connectivity index is 2.58. The van der Waals surface area contributed by atoms with Crippen molar-refractivity contribution in [2.24, 2.45) is 5.92 Å². The van der Waals surface area contributed by atoms with Crippen LogP contribution in [0.2, 0.25) is 0 Å². The second-order valence-corrected chi connectivity index (χ2v) is 7.75. The van der Waals surface area contributed by atoms with Crippen LogP contribution in [-0.4, -0.2) is 20.7 Å². The SMILES string of the molecule is CCCCC(CC)CNc1ccc(S(=O)(=O)CCC)cc1. The molecule has 0 aliphatic rings. The van der Waals surface area contributed by atoms with E-state index in [1.165, 1.54) is 25.7 Å². The number of benzene rings is 1. The fourth-order valence-corrected chi connectivity index (χ4v) is 3.70. The maximum Gasteiger partial charge on any atom is 0.178 e. The molecule has 1 N–H and O–H groups in total. The molecule has 0 aliphatic carbocycles. The van der Waals surface area contributed by atoms with Gasteiger partial charge in [0.2, 0.25) is 0 Å². The summed E-state index contributed by atoms with van der Waals surface area (Å²) in [4.78, 5) is 0.424. The Kier molecular flexibility index (Phi) is 7.79. The molecule has 0 spiro atoms. The van der Waals surface area contributed by atoms with Gasteiger partial charge in [0.1, 0.15) is 0 Å². The lowest BCUT2D eigenvalue weighted by Gasteiger charge is -2.16. The van der Waals surface area contributed by atoms with Crippen LogP contribution in [0, 0.1) is 5.92 Å². The number of hydrogen-bond donors (Lipinski definition) is 1. The van der Waals surface area contributed by atoms with Crippen LogP contribution in [0.15, 0.2) is 29.2 Å². The fourth-order valence-electron chi connectivity index (χ4n) is 2.37. The van der Waals surface area contributed by atoms with Gasteiger partial charge in [-0.1, -0.05) is 40.0 Å². The van der Waals surface area contributed by atoms with Crippen molar-refractivity contribution in [3.63, 3.8) is 0 Å². The second-order valence-electron chi connectivity index (χ2n) is 5.64. The Morgan fingerprint density at radius 1 is 1.05 bits per heavy atom. The molecule has 1 atom stereocenters. The molecular weight excluding hydrogens is 282 g/mol. The maximum atomic E-state index is 12.0. The highest BCUT2D eigenvalue weighted by Gasteiger charge is 2.12. The predicted molar refractivity (Wildman–Crippen MR) is 90.6 cm³/mol. The average Bonchev–Trinajstić information content (AvgIpc) is 2.48. The number of nitrogens with one attached hydrogen (secondary N) is 1. The van der Waals surface area contributed by atoms with E-state index < -0.39 is 9.84 Å². The van der Waals surface area contributed by atoms with Gasteiger partial charge in [0.05, 0.1) is 10.6 Å². The second kappa shape index (κ2) is 9.08. The summed E-state index contributed by atoms with van der Waals surface area (Å²) in [6, 6.07) is 7.16.